The average molecular weight is 399 g/mol. The Morgan fingerprint density at radius 3 is 2.91 bits per heavy atom. The Balaban J connectivity index is 2.12. The van der Waals surface area contributed by atoms with Crippen molar-refractivity contribution in [2.45, 2.75) is 32.7 Å². The number of halogens is 1. The van der Waals surface area contributed by atoms with Crippen LogP contribution in [0.2, 0.25) is 0 Å². The smallest absolute Gasteiger partial charge is 0.261 e. The van der Waals surface area contributed by atoms with E-state index in [9.17, 15) is 4.79 Å². The summed E-state index contributed by atoms with van der Waals surface area (Å²) >= 11 is 5.15. The molecule has 1 amide bonds. The molecule has 1 heterocycles. The lowest BCUT2D eigenvalue weighted by molar-refractivity contribution is 0.0818. The lowest BCUT2D eigenvalue weighted by Crippen LogP contribution is -2.39. The number of hydrogen-bond acceptors (Lipinski definition) is 4. The first-order valence-corrected chi connectivity index (χ1v) is 9.80. The van der Waals surface area contributed by atoms with Crippen molar-refractivity contribution in [3.63, 3.8) is 0 Å². The van der Waals surface area contributed by atoms with Crippen molar-refractivity contribution < 1.29 is 9.53 Å². The van der Waals surface area contributed by atoms with E-state index in [1.807, 2.05) is 36.1 Å². The fourth-order valence-electron chi connectivity index (χ4n) is 2.40. The van der Waals surface area contributed by atoms with Gasteiger partial charge in [0.2, 0.25) is 0 Å². The summed E-state index contributed by atoms with van der Waals surface area (Å²) in [6, 6.07) is 7.77. The molecule has 6 heteroatoms. The Bertz CT molecular complexity index is 565. The maximum absolute atomic E-state index is 13.0. The Morgan fingerprint density at radius 2 is 2.22 bits per heavy atom. The third-order valence-electron chi connectivity index (χ3n) is 3.67. The highest BCUT2D eigenvalue weighted by atomic mass is 79.9. The van der Waals surface area contributed by atoms with Crippen LogP contribution in [-0.2, 0) is 4.74 Å². The van der Waals surface area contributed by atoms with Crippen molar-refractivity contribution in [2.24, 2.45) is 4.99 Å². The molecule has 1 aliphatic heterocycles. The second kappa shape index (κ2) is 9.45. The molecule has 0 aromatic heterocycles. The SMILES string of the molecule is CCOCCCN=C1SCC(CC)N1C(=O)c1ccccc1Br. The van der Waals surface area contributed by atoms with E-state index in [0.717, 1.165) is 34.8 Å². The van der Waals surface area contributed by atoms with Crippen LogP contribution in [0.3, 0.4) is 0 Å². The number of carbonyl (C=O) groups excluding carboxylic acids is 1. The summed E-state index contributed by atoms with van der Waals surface area (Å²) in [5, 5.41) is 0.842. The minimum absolute atomic E-state index is 0.0258. The van der Waals surface area contributed by atoms with Crippen molar-refractivity contribution in [3.8, 4) is 0 Å². The molecule has 1 aromatic carbocycles. The van der Waals surface area contributed by atoms with Crippen molar-refractivity contribution in [1.29, 1.82) is 0 Å². The predicted molar refractivity (Wildman–Crippen MR) is 100 cm³/mol. The molecular weight excluding hydrogens is 376 g/mol. The van der Waals surface area contributed by atoms with Crippen LogP contribution in [0, 0.1) is 0 Å². The van der Waals surface area contributed by atoms with E-state index in [0.29, 0.717) is 18.7 Å². The number of benzene rings is 1. The quantitative estimate of drug-likeness (QED) is 0.646. The van der Waals surface area contributed by atoms with Gasteiger partial charge in [0.15, 0.2) is 5.17 Å². The third-order valence-corrected chi connectivity index (χ3v) is 5.50. The number of rotatable bonds is 7. The van der Waals surface area contributed by atoms with Gasteiger partial charge in [-0.3, -0.25) is 14.7 Å². The highest BCUT2D eigenvalue weighted by Crippen LogP contribution is 2.29. The zero-order valence-corrected chi connectivity index (χ0v) is 16.0. The molecule has 1 aromatic rings. The fraction of sp³-hybridized carbons (Fsp3) is 0.529. The van der Waals surface area contributed by atoms with Gasteiger partial charge in [0, 0.05) is 36.0 Å². The summed E-state index contributed by atoms with van der Waals surface area (Å²) in [6.07, 6.45) is 1.81. The standard InChI is InChI=1S/C17H23BrN2O2S/c1-3-13-12-23-17(19-10-7-11-22-4-2)20(13)16(21)14-8-5-6-9-15(14)18/h5-6,8-9,13H,3-4,7,10-12H2,1-2H3. The number of amidine groups is 1. The number of amides is 1. The van der Waals surface area contributed by atoms with Crippen LogP contribution in [0.4, 0.5) is 0 Å². The number of ether oxygens (including phenoxy) is 1. The molecule has 0 saturated carbocycles. The molecule has 0 radical (unpaired) electrons. The lowest BCUT2D eigenvalue weighted by Gasteiger charge is -2.23. The molecule has 1 fully saturated rings. The average Bonchev–Trinajstić information content (AvgIpc) is 2.97. The number of nitrogens with zero attached hydrogens (tertiary/aromatic N) is 2. The zero-order valence-electron chi connectivity index (χ0n) is 13.6. The summed E-state index contributed by atoms with van der Waals surface area (Å²) in [6.45, 7) is 6.24. The number of aliphatic imine (C=N–C) groups is 1. The molecule has 1 unspecified atom stereocenters. The topological polar surface area (TPSA) is 41.9 Å². The van der Waals surface area contributed by atoms with Crippen LogP contribution >= 0.6 is 27.7 Å². The number of carbonyl (C=O) groups is 1. The highest BCUT2D eigenvalue weighted by Gasteiger charge is 2.34. The van der Waals surface area contributed by atoms with Crippen LogP contribution in [0.5, 0.6) is 0 Å². The van der Waals surface area contributed by atoms with E-state index in [4.69, 9.17) is 4.74 Å². The molecule has 0 aliphatic carbocycles. The van der Waals surface area contributed by atoms with Gasteiger partial charge in [-0.15, -0.1) is 0 Å². The maximum Gasteiger partial charge on any atom is 0.261 e. The molecule has 1 saturated heterocycles. The van der Waals surface area contributed by atoms with Gasteiger partial charge in [0.05, 0.1) is 5.56 Å². The Labute approximate surface area is 150 Å². The molecule has 4 nitrogen and oxygen atoms in total. The molecule has 0 N–H and O–H groups in total. The summed E-state index contributed by atoms with van der Waals surface area (Å²) in [5.74, 6) is 0.939. The van der Waals surface area contributed by atoms with Gasteiger partial charge < -0.3 is 4.74 Å². The molecule has 126 valence electrons. The van der Waals surface area contributed by atoms with Gasteiger partial charge in [-0.25, -0.2) is 0 Å². The molecule has 1 aliphatic rings. The Kier molecular flexibility index (Phi) is 7.59. The van der Waals surface area contributed by atoms with E-state index in [2.05, 4.69) is 27.8 Å². The number of hydrogen-bond donors (Lipinski definition) is 0. The molecule has 0 bridgehead atoms. The van der Waals surface area contributed by atoms with Crippen LogP contribution in [0.15, 0.2) is 33.7 Å². The second-order valence-electron chi connectivity index (χ2n) is 5.24. The van der Waals surface area contributed by atoms with Gasteiger partial charge in [0.1, 0.15) is 0 Å². The van der Waals surface area contributed by atoms with E-state index in [-0.39, 0.29) is 11.9 Å². The summed E-state index contributed by atoms with van der Waals surface area (Å²) in [7, 11) is 0. The third kappa shape index (κ3) is 4.81. The molecule has 0 spiro atoms. The van der Waals surface area contributed by atoms with Crippen LogP contribution in [-0.4, -0.2) is 47.5 Å². The molecule has 2 rings (SSSR count). The van der Waals surface area contributed by atoms with Crippen LogP contribution in [0.25, 0.3) is 0 Å². The Hall–Kier alpha value is -0.850. The van der Waals surface area contributed by atoms with E-state index >= 15 is 0 Å². The molecular formula is C17H23BrN2O2S. The van der Waals surface area contributed by atoms with Crippen molar-refractivity contribution in [3.05, 3.63) is 34.3 Å². The van der Waals surface area contributed by atoms with Crippen LogP contribution < -0.4 is 0 Å². The first-order valence-electron chi connectivity index (χ1n) is 8.02. The summed E-state index contributed by atoms with van der Waals surface area (Å²) in [5.41, 5.74) is 0.690. The monoisotopic (exact) mass is 398 g/mol. The van der Waals surface area contributed by atoms with E-state index in [1.165, 1.54) is 0 Å². The lowest BCUT2D eigenvalue weighted by atomic mass is 10.1. The summed E-state index contributed by atoms with van der Waals surface area (Å²) < 4.78 is 6.16. The van der Waals surface area contributed by atoms with Gasteiger partial charge >= 0.3 is 0 Å². The Morgan fingerprint density at radius 1 is 1.43 bits per heavy atom. The second-order valence-corrected chi connectivity index (χ2v) is 7.08. The minimum Gasteiger partial charge on any atom is -0.382 e. The number of thioether (sulfide) groups is 1. The minimum atomic E-state index is 0.0258. The van der Waals surface area contributed by atoms with Crippen molar-refractivity contribution >= 4 is 38.8 Å². The first kappa shape index (κ1) is 18.5. The van der Waals surface area contributed by atoms with E-state index < -0.39 is 0 Å². The largest absolute Gasteiger partial charge is 0.382 e. The van der Waals surface area contributed by atoms with Crippen LogP contribution in [0.1, 0.15) is 37.0 Å². The summed E-state index contributed by atoms with van der Waals surface area (Å²) in [4.78, 5) is 19.5. The van der Waals surface area contributed by atoms with Gasteiger partial charge in [-0.1, -0.05) is 30.8 Å². The molecule has 23 heavy (non-hydrogen) atoms. The molecule has 1 atom stereocenters. The zero-order chi connectivity index (χ0) is 16.7. The normalized spacial score (nSPS) is 19.5. The van der Waals surface area contributed by atoms with Gasteiger partial charge in [-0.2, -0.15) is 0 Å². The van der Waals surface area contributed by atoms with Crippen molar-refractivity contribution in [2.75, 3.05) is 25.5 Å². The fourth-order valence-corrected chi connectivity index (χ4v) is 4.13. The maximum atomic E-state index is 13.0. The van der Waals surface area contributed by atoms with E-state index in [1.54, 1.807) is 11.8 Å². The highest BCUT2D eigenvalue weighted by molar-refractivity contribution is 9.10. The first-order chi connectivity index (χ1) is 11.2. The van der Waals surface area contributed by atoms with Gasteiger partial charge in [-0.05, 0) is 47.8 Å². The predicted octanol–water partition coefficient (Wildman–Crippen LogP) is 4.20. The van der Waals surface area contributed by atoms with Gasteiger partial charge in [0.25, 0.3) is 5.91 Å². The van der Waals surface area contributed by atoms with Crippen molar-refractivity contribution in [1.82, 2.24) is 4.90 Å².